The Kier molecular flexibility index (Phi) is 4.94. The Balaban J connectivity index is 3.44. The molecule has 0 aliphatic carbocycles. The lowest BCUT2D eigenvalue weighted by Crippen LogP contribution is -2.14. The molecule has 0 radical (unpaired) electrons. The highest BCUT2D eigenvalue weighted by Gasteiger charge is 2.03. The first kappa shape index (κ1) is 9.78. The fourth-order valence-electron chi connectivity index (χ4n) is 0.768. The van der Waals surface area contributed by atoms with Crippen molar-refractivity contribution in [3.8, 4) is 0 Å². The Morgan fingerprint density at radius 1 is 1.82 bits per heavy atom. The van der Waals surface area contributed by atoms with Gasteiger partial charge >= 0.3 is 0 Å². The summed E-state index contributed by atoms with van der Waals surface area (Å²) >= 11 is 0. The summed E-state index contributed by atoms with van der Waals surface area (Å²) in [6, 6.07) is 0. The number of carbonyl (C=O) groups is 1. The van der Waals surface area contributed by atoms with E-state index in [1.807, 2.05) is 6.92 Å². The van der Waals surface area contributed by atoms with E-state index in [1.165, 1.54) is 0 Å². The number of primary amides is 1. The zero-order chi connectivity index (χ0) is 8.69. The number of nitrogens with zero attached hydrogens (tertiary/aromatic N) is 3. The maximum Gasteiger partial charge on any atom is 0.217 e. The third-order valence-electron chi connectivity index (χ3n) is 1.33. The first-order valence-corrected chi connectivity index (χ1v) is 3.46. The van der Waals surface area contributed by atoms with Gasteiger partial charge in [-0.1, -0.05) is 12.0 Å². The fourth-order valence-corrected chi connectivity index (χ4v) is 0.768. The third kappa shape index (κ3) is 6.67. The summed E-state index contributed by atoms with van der Waals surface area (Å²) in [4.78, 5) is 13.0. The average Bonchev–Trinajstić information content (AvgIpc) is 1.86. The molecule has 0 aliphatic heterocycles. The molecule has 0 spiro atoms. The summed E-state index contributed by atoms with van der Waals surface area (Å²) in [6.07, 6.45) is 1.08. The molecule has 0 bridgehead atoms. The van der Waals surface area contributed by atoms with E-state index in [0.717, 1.165) is 0 Å². The van der Waals surface area contributed by atoms with Crippen LogP contribution in [0.3, 0.4) is 0 Å². The predicted octanol–water partition coefficient (Wildman–Crippen LogP) is 1.20. The van der Waals surface area contributed by atoms with Crippen LogP contribution in [0.15, 0.2) is 5.11 Å². The number of hydrogen-bond donors (Lipinski definition) is 1. The lowest BCUT2D eigenvalue weighted by atomic mass is 10.0. The van der Waals surface area contributed by atoms with Gasteiger partial charge in [-0.25, -0.2) is 0 Å². The van der Waals surface area contributed by atoms with Crippen LogP contribution in [-0.2, 0) is 4.79 Å². The fraction of sp³-hybridized carbons (Fsp3) is 0.833. The zero-order valence-electron chi connectivity index (χ0n) is 6.53. The van der Waals surface area contributed by atoms with Crippen molar-refractivity contribution in [3.63, 3.8) is 0 Å². The molecular formula is C6H12N4O. The van der Waals surface area contributed by atoms with Gasteiger partial charge in [0.1, 0.15) is 0 Å². The van der Waals surface area contributed by atoms with Gasteiger partial charge in [-0.15, -0.1) is 0 Å². The Hall–Kier alpha value is -1.22. The molecule has 0 rings (SSSR count). The molecule has 0 aromatic heterocycles. The highest BCUT2D eigenvalue weighted by Crippen LogP contribution is 2.05. The van der Waals surface area contributed by atoms with Gasteiger partial charge in [0.05, 0.1) is 0 Å². The van der Waals surface area contributed by atoms with Gasteiger partial charge in [0.15, 0.2) is 0 Å². The molecule has 1 atom stereocenters. The van der Waals surface area contributed by atoms with Gasteiger partial charge in [0.25, 0.3) is 0 Å². The van der Waals surface area contributed by atoms with Crippen LogP contribution >= 0.6 is 0 Å². The van der Waals surface area contributed by atoms with E-state index in [1.54, 1.807) is 0 Å². The number of amides is 1. The van der Waals surface area contributed by atoms with Crippen LogP contribution < -0.4 is 5.73 Å². The molecule has 11 heavy (non-hydrogen) atoms. The Labute approximate surface area is 65.2 Å². The van der Waals surface area contributed by atoms with Gasteiger partial charge in [-0.05, 0) is 17.9 Å². The maximum atomic E-state index is 10.4. The van der Waals surface area contributed by atoms with Crippen molar-refractivity contribution in [2.24, 2.45) is 16.8 Å². The van der Waals surface area contributed by atoms with Gasteiger partial charge in [-0.3, -0.25) is 4.79 Å². The van der Waals surface area contributed by atoms with Crippen LogP contribution in [0.1, 0.15) is 19.8 Å². The van der Waals surface area contributed by atoms with E-state index in [0.29, 0.717) is 19.4 Å². The largest absolute Gasteiger partial charge is 0.370 e. The van der Waals surface area contributed by atoms with Gasteiger partial charge in [0, 0.05) is 17.9 Å². The van der Waals surface area contributed by atoms with Crippen molar-refractivity contribution in [2.75, 3.05) is 6.54 Å². The Morgan fingerprint density at radius 3 is 2.91 bits per heavy atom. The minimum Gasteiger partial charge on any atom is -0.370 e. The summed E-state index contributed by atoms with van der Waals surface area (Å²) in [5.74, 6) is -0.101. The van der Waals surface area contributed by atoms with Crippen molar-refractivity contribution < 1.29 is 4.79 Å². The second kappa shape index (κ2) is 5.56. The lowest BCUT2D eigenvalue weighted by molar-refractivity contribution is -0.118. The quantitative estimate of drug-likeness (QED) is 0.361. The van der Waals surface area contributed by atoms with Crippen LogP contribution in [-0.4, -0.2) is 12.5 Å². The van der Waals surface area contributed by atoms with Crippen LogP contribution in [0.4, 0.5) is 0 Å². The summed E-state index contributed by atoms with van der Waals surface area (Å²) < 4.78 is 0. The smallest absolute Gasteiger partial charge is 0.217 e. The second-order valence-electron chi connectivity index (χ2n) is 2.52. The highest BCUT2D eigenvalue weighted by atomic mass is 16.1. The Morgan fingerprint density at radius 2 is 2.45 bits per heavy atom. The molecule has 0 unspecified atom stereocenters. The number of azide groups is 1. The molecule has 0 aromatic rings. The van der Waals surface area contributed by atoms with Crippen LogP contribution in [0, 0.1) is 5.92 Å². The lowest BCUT2D eigenvalue weighted by Gasteiger charge is -2.04. The number of carbonyl (C=O) groups excluding carboxylic acids is 1. The van der Waals surface area contributed by atoms with Crippen LogP contribution in [0.25, 0.3) is 10.4 Å². The third-order valence-corrected chi connectivity index (χ3v) is 1.33. The molecule has 0 fully saturated rings. The van der Waals surface area contributed by atoms with Crippen molar-refractivity contribution >= 4 is 5.91 Å². The highest BCUT2D eigenvalue weighted by molar-refractivity contribution is 5.73. The van der Waals surface area contributed by atoms with Crippen molar-refractivity contribution in [3.05, 3.63) is 10.4 Å². The first-order chi connectivity index (χ1) is 5.16. The van der Waals surface area contributed by atoms with E-state index < -0.39 is 0 Å². The maximum absolute atomic E-state index is 10.4. The second-order valence-corrected chi connectivity index (χ2v) is 2.52. The minimum atomic E-state index is -0.307. The van der Waals surface area contributed by atoms with Gasteiger partial charge in [0.2, 0.25) is 5.91 Å². The molecule has 2 N–H and O–H groups in total. The monoisotopic (exact) mass is 156 g/mol. The number of hydrogen-bond acceptors (Lipinski definition) is 2. The SMILES string of the molecule is C[C@@H](CCN=[N+]=[N-])CC(N)=O. The van der Waals surface area contributed by atoms with E-state index in [9.17, 15) is 4.79 Å². The molecule has 1 amide bonds. The normalized spacial score (nSPS) is 11.7. The molecular weight excluding hydrogens is 144 g/mol. The topological polar surface area (TPSA) is 91.8 Å². The van der Waals surface area contributed by atoms with E-state index in [-0.39, 0.29) is 11.8 Å². The molecule has 0 aliphatic rings. The summed E-state index contributed by atoms with van der Waals surface area (Å²) in [7, 11) is 0. The Bertz CT molecular complexity index is 173. The standard InChI is InChI=1S/C6H12N4O/c1-5(4-6(7)11)2-3-9-10-8/h5H,2-4H2,1H3,(H2,7,11)/t5-/m0/s1. The van der Waals surface area contributed by atoms with E-state index in [2.05, 4.69) is 10.0 Å². The van der Waals surface area contributed by atoms with Gasteiger partial charge in [-0.2, -0.15) is 0 Å². The van der Waals surface area contributed by atoms with Crippen molar-refractivity contribution in [1.29, 1.82) is 0 Å². The zero-order valence-corrected chi connectivity index (χ0v) is 6.53. The number of rotatable bonds is 5. The minimum absolute atomic E-state index is 0.206. The average molecular weight is 156 g/mol. The van der Waals surface area contributed by atoms with Crippen LogP contribution in [0.2, 0.25) is 0 Å². The van der Waals surface area contributed by atoms with Gasteiger partial charge < -0.3 is 5.73 Å². The molecule has 62 valence electrons. The van der Waals surface area contributed by atoms with E-state index in [4.69, 9.17) is 11.3 Å². The molecule has 0 aromatic carbocycles. The summed E-state index contributed by atoms with van der Waals surface area (Å²) in [5.41, 5.74) is 12.9. The van der Waals surface area contributed by atoms with Crippen LogP contribution in [0.5, 0.6) is 0 Å². The molecule has 0 heterocycles. The first-order valence-electron chi connectivity index (χ1n) is 3.46. The number of nitrogens with two attached hydrogens (primary N) is 1. The van der Waals surface area contributed by atoms with Crippen molar-refractivity contribution in [1.82, 2.24) is 0 Å². The van der Waals surface area contributed by atoms with E-state index >= 15 is 0 Å². The molecule has 5 heteroatoms. The summed E-state index contributed by atoms with van der Waals surface area (Å²) in [6.45, 7) is 2.34. The molecule has 5 nitrogen and oxygen atoms in total. The molecule has 0 saturated heterocycles. The molecule has 0 saturated carbocycles. The summed E-state index contributed by atoms with van der Waals surface area (Å²) in [5, 5.41) is 3.35. The van der Waals surface area contributed by atoms with Crippen molar-refractivity contribution in [2.45, 2.75) is 19.8 Å². The predicted molar refractivity (Wildman–Crippen MR) is 41.6 cm³/mol.